The molecule has 3 rings (SSSR count). The minimum absolute atomic E-state index is 0.0611. The van der Waals surface area contributed by atoms with Crippen molar-refractivity contribution < 1.29 is 17.9 Å². The van der Waals surface area contributed by atoms with Gasteiger partial charge in [-0.2, -0.15) is 0 Å². The summed E-state index contributed by atoms with van der Waals surface area (Å²) in [6.45, 7) is 11.7. The monoisotopic (exact) mass is 499 g/mol. The van der Waals surface area contributed by atoms with Crippen LogP contribution in [0.5, 0.6) is 0 Å². The van der Waals surface area contributed by atoms with Gasteiger partial charge in [0.25, 0.3) is 10.0 Å². The number of carbonyl (C=O) groups is 1. The maximum absolute atomic E-state index is 13.4. The molecule has 0 aromatic heterocycles. The molecule has 0 unspecified atom stereocenters. The molecule has 0 spiro atoms. The van der Waals surface area contributed by atoms with Crippen LogP contribution in [0.2, 0.25) is 0 Å². The summed E-state index contributed by atoms with van der Waals surface area (Å²) < 4.78 is 33.7. The van der Waals surface area contributed by atoms with Crippen LogP contribution in [0.4, 0.5) is 11.4 Å². The Hall–Kier alpha value is -2.71. The number of fused-ring (bicyclic) bond motifs is 1. The Morgan fingerprint density at radius 2 is 1.80 bits per heavy atom. The summed E-state index contributed by atoms with van der Waals surface area (Å²) in [5, 5.41) is 2.97. The number of unbranched alkanes of at least 4 members (excludes halogenated alkanes) is 1. The summed E-state index contributed by atoms with van der Waals surface area (Å²) in [4.78, 5) is 17.8. The normalized spacial score (nSPS) is 14.9. The van der Waals surface area contributed by atoms with Crippen molar-refractivity contribution in [3.8, 4) is 0 Å². The topological polar surface area (TPSA) is 88.1 Å². The Bertz CT molecular complexity index is 1180. The number of carbonyl (C=O) groups excluding carboxylic acids is 1. The molecule has 190 valence electrons. The number of amides is 1. The Labute approximate surface area is 209 Å². The van der Waals surface area contributed by atoms with Crippen LogP contribution in [-0.4, -0.2) is 44.2 Å². The third kappa shape index (κ3) is 6.70. The van der Waals surface area contributed by atoms with Crippen molar-refractivity contribution in [2.45, 2.75) is 70.6 Å². The number of sulfonamides is 1. The molecule has 2 aromatic carbocycles. The van der Waals surface area contributed by atoms with Gasteiger partial charge in [-0.25, -0.2) is 13.4 Å². The first-order valence-corrected chi connectivity index (χ1v) is 13.7. The van der Waals surface area contributed by atoms with Crippen LogP contribution in [-0.2, 0) is 25.0 Å². The highest BCUT2D eigenvalue weighted by molar-refractivity contribution is 7.90. The molecule has 2 aromatic rings. The van der Waals surface area contributed by atoms with Gasteiger partial charge in [0.1, 0.15) is 10.7 Å². The first-order valence-electron chi connectivity index (χ1n) is 12.2. The molecule has 0 fully saturated rings. The SMILES string of the molecule is CCCCOCCCN1C(CC(=O)Nc2cc(C(C)(C)C)ccc2C)=Nc2ccccc2S1(=O)=O. The van der Waals surface area contributed by atoms with Gasteiger partial charge in [-0.1, -0.05) is 58.4 Å². The smallest absolute Gasteiger partial charge is 0.267 e. The zero-order valence-corrected chi connectivity index (χ0v) is 22.2. The van der Waals surface area contributed by atoms with Gasteiger partial charge in [0.2, 0.25) is 5.91 Å². The van der Waals surface area contributed by atoms with E-state index in [1.807, 2.05) is 19.1 Å². The van der Waals surface area contributed by atoms with Crippen molar-refractivity contribution in [2.24, 2.45) is 4.99 Å². The third-order valence-corrected chi connectivity index (χ3v) is 7.83. The predicted octanol–water partition coefficient (Wildman–Crippen LogP) is 5.56. The lowest BCUT2D eigenvalue weighted by Crippen LogP contribution is -2.41. The van der Waals surface area contributed by atoms with Crippen LogP contribution in [0.3, 0.4) is 0 Å². The number of benzene rings is 2. The van der Waals surface area contributed by atoms with Crippen LogP contribution in [0, 0.1) is 6.92 Å². The van der Waals surface area contributed by atoms with Gasteiger partial charge in [-0.3, -0.25) is 9.10 Å². The average Bonchev–Trinajstić information content (AvgIpc) is 2.78. The van der Waals surface area contributed by atoms with E-state index in [1.54, 1.807) is 24.3 Å². The molecule has 0 saturated heterocycles. The Morgan fingerprint density at radius 3 is 2.51 bits per heavy atom. The van der Waals surface area contributed by atoms with Gasteiger partial charge < -0.3 is 10.1 Å². The number of nitrogens with zero attached hydrogens (tertiary/aromatic N) is 2. The lowest BCUT2D eigenvalue weighted by molar-refractivity contribution is -0.115. The van der Waals surface area contributed by atoms with E-state index in [4.69, 9.17) is 4.74 Å². The fourth-order valence-electron chi connectivity index (χ4n) is 3.82. The molecule has 7 nitrogen and oxygen atoms in total. The standard InChI is InChI=1S/C27H37N3O4S/c1-6-7-16-34-17-10-15-30-25(28-22-11-8-9-12-24(22)35(30,32)33)19-26(31)29-23-18-21(27(3,4)5)14-13-20(23)2/h8-9,11-14,18H,6-7,10,15-17,19H2,1-5H3,(H,29,31). The van der Waals surface area contributed by atoms with Crippen molar-refractivity contribution >= 4 is 33.1 Å². The van der Waals surface area contributed by atoms with E-state index in [-0.39, 0.29) is 35.0 Å². The van der Waals surface area contributed by atoms with Gasteiger partial charge in [0.15, 0.2) is 0 Å². The van der Waals surface area contributed by atoms with Gasteiger partial charge in [-0.05, 0) is 54.5 Å². The highest BCUT2D eigenvalue weighted by Crippen LogP contribution is 2.33. The van der Waals surface area contributed by atoms with Crippen molar-refractivity contribution in [1.29, 1.82) is 0 Å². The fourth-order valence-corrected chi connectivity index (χ4v) is 5.43. The lowest BCUT2D eigenvalue weighted by Gasteiger charge is -2.29. The number of para-hydroxylation sites is 1. The van der Waals surface area contributed by atoms with Crippen molar-refractivity contribution in [2.75, 3.05) is 25.1 Å². The number of rotatable bonds is 10. The van der Waals surface area contributed by atoms with E-state index < -0.39 is 10.0 Å². The molecule has 1 N–H and O–H groups in total. The van der Waals surface area contributed by atoms with E-state index in [0.717, 1.165) is 29.7 Å². The number of ether oxygens (including phenoxy) is 1. The molecule has 1 aliphatic rings. The summed E-state index contributed by atoms with van der Waals surface area (Å²) >= 11 is 0. The van der Waals surface area contributed by atoms with Crippen molar-refractivity contribution in [1.82, 2.24) is 4.31 Å². The molecule has 0 atom stereocenters. The van der Waals surface area contributed by atoms with Crippen LogP contribution < -0.4 is 5.32 Å². The minimum atomic E-state index is -3.82. The molecule has 35 heavy (non-hydrogen) atoms. The maximum atomic E-state index is 13.4. The molecule has 1 heterocycles. The van der Waals surface area contributed by atoms with E-state index in [9.17, 15) is 13.2 Å². The third-order valence-electron chi connectivity index (χ3n) is 5.96. The zero-order valence-electron chi connectivity index (χ0n) is 21.4. The first kappa shape index (κ1) is 26.9. The van der Waals surface area contributed by atoms with Crippen LogP contribution >= 0.6 is 0 Å². The number of amidine groups is 1. The summed E-state index contributed by atoms with van der Waals surface area (Å²) in [7, 11) is -3.82. The van der Waals surface area contributed by atoms with Gasteiger partial charge >= 0.3 is 0 Å². The summed E-state index contributed by atoms with van der Waals surface area (Å²) in [5.74, 6) is -0.0870. The second-order valence-corrected chi connectivity index (χ2v) is 11.7. The largest absolute Gasteiger partial charge is 0.381 e. The minimum Gasteiger partial charge on any atom is -0.381 e. The summed E-state index contributed by atoms with van der Waals surface area (Å²) in [6, 6.07) is 12.7. The highest BCUT2D eigenvalue weighted by atomic mass is 32.2. The molecule has 1 aliphatic heterocycles. The molecule has 0 radical (unpaired) electrons. The highest BCUT2D eigenvalue weighted by Gasteiger charge is 2.34. The molecule has 8 heteroatoms. The number of hydrogen-bond acceptors (Lipinski definition) is 5. The van der Waals surface area contributed by atoms with Gasteiger partial charge in [0, 0.05) is 25.4 Å². The molecule has 0 aliphatic carbocycles. The quantitative estimate of drug-likeness (QED) is 0.433. The summed E-state index contributed by atoms with van der Waals surface area (Å²) in [6.07, 6.45) is 2.38. The molecule has 0 saturated carbocycles. The number of hydrogen-bond donors (Lipinski definition) is 1. The lowest BCUT2D eigenvalue weighted by atomic mass is 9.86. The van der Waals surface area contributed by atoms with Crippen LogP contribution in [0.15, 0.2) is 52.4 Å². The number of nitrogens with one attached hydrogen (secondary N) is 1. The Balaban J connectivity index is 1.81. The fraction of sp³-hybridized carbons (Fsp3) is 0.481. The average molecular weight is 500 g/mol. The van der Waals surface area contributed by atoms with Crippen LogP contribution in [0.1, 0.15) is 64.5 Å². The van der Waals surface area contributed by atoms with E-state index in [2.05, 4.69) is 44.1 Å². The van der Waals surface area contributed by atoms with E-state index in [0.29, 0.717) is 25.3 Å². The van der Waals surface area contributed by atoms with Crippen molar-refractivity contribution in [3.05, 3.63) is 53.6 Å². The van der Waals surface area contributed by atoms with Gasteiger partial charge in [0.05, 0.1) is 12.1 Å². The molecule has 0 bridgehead atoms. The van der Waals surface area contributed by atoms with E-state index >= 15 is 0 Å². The number of anilines is 1. The first-order chi connectivity index (χ1) is 16.5. The molecule has 1 amide bonds. The Kier molecular flexibility index (Phi) is 8.72. The maximum Gasteiger partial charge on any atom is 0.267 e. The Morgan fingerprint density at radius 1 is 1.09 bits per heavy atom. The van der Waals surface area contributed by atoms with E-state index in [1.165, 1.54) is 4.31 Å². The predicted molar refractivity (Wildman–Crippen MR) is 141 cm³/mol. The number of aryl methyl sites for hydroxylation is 1. The second-order valence-electron chi connectivity index (χ2n) is 9.90. The number of aliphatic imine (C=N–C) groups is 1. The van der Waals surface area contributed by atoms with Crippen LogP contribution in [0.25, 0.3) is 0 Å². The molecular formula is C27H37N3O4S. The second kappa shape index (κ2) is 11.4. The summed E-state index contributed by atoms with van der Waals surface area (Å²) in [5.41, 5.74) is 3.06. The van der Waals surface area contributed by atoms with Crippen molar-refractivity contribution in [3.63, 3.8) is 0 Å². The molecular weight excluding hydrogens is 462 g/mol. The van der Waals surface area contributed by atoms with Gasteiger partial charge in [-0.15, -0.1) is 0 Å². The zero-order chi connectivity index (χ0) is 25.6.